The number of rotatable bonds is 5. The summed E-state index contributed by atoms with van der Waals surface area (Å²) in [6.07, 6.45) is 7.35. The number of aryl methyl sites for hydroxylation is 1. The Balaban J connectivity index is 1.70. The maximum atomic E-state index is 12.4. The summed E-state index contributed by atoms with van der Waals surface area (Å²) in [4.78, 5) is 26.2. The molecule has 1 aliphatic rings. The molecule has 3 aromatic rings. The predicted molar refractivity (Wildman–Crippen MR) is 117 cm³/mol. The number of nitrogen functional groups attached to an aromatic ring is 1. The summed E-state index contributed by atoms with van der Waals surface area (Å²) in [5.41, 5.74) is 7.39. The molecule has 4 rings (SSSR count). The Hall–Kier alpha value is -3.45. The number of hydrogen-bond donors (Lipinski definition) is 2. The second-order valence-corrected chi connectivity index (χ2v) is 8.98. The minimum Gasteiger partial charge on any atom is -0.454 e. The summed E-state index contributed by atoms with van der Waals surface area (Å²) in [5.74, 6) is 4.11. The molecule has 2 aromatic heterocycles. The van der Waals surface area contributed by atoms with Crippen LogP contribution in [0.1, 0.15) is 32.8 Å². The Bertz CT molecular complexity index is 1210. The third-order valence-electron chi connectivity index (χ3n) is 4.43. The fourth-order valence-electron chi connectivity index (χ4n) is 3.13. The number of ether oxygens (including phenoxy) is 2. The van der Waals surface area contributed by atoms with Gasteiger partial charge in [0.25, 0.3) is 0 Å². The van der Waals surface area contributed by atoms with Crippen LogP contribution in [0.25, 0.3) is 11.2 Å². The summed E-state index contributed by atoms with van der Waals surface area (Å²) >= 11 is 1.35. The first-order valence-electron chi connectivity index (χ1n) is 9.61. The highest BCUT2D eigenvalue weighted by Crippen LogP contribution is 2.41. The number of terminal acetylenes is 1. The number of nitrogens with one attached hydrogen (secondary N) is 1. The second-order valence-electron chi connectivity index (χ2n) is 7.97. The van der Waals surface area contributed by atoms with E-state index < -0.39 is 0 Å². The zero-order valence-electron chi connectivity index (χ0n) is 17.4. The summed E-state index contributed by atoms with van der Waals surface area (Å²) in [6, 6.07) is 3.59. The molecule has 9 nitrogen and oxygen atoms in total. The molecule has 0 saturated heterocycles. The first-order chi connectivity index (χ1) is 14.7. The SMILES string of the molecule is C#Cc1cc2c(cc1Sc1nc3c(N)ncnc3n1CCC(=O)NC(C)(C)C)OCO2. The van der Waals surface area contributed by atoms with Crippen molar-refractivity contribution in [1.29, 1.82) is 0 Å². The van der Waals surface area contributed by atoms with E-state index in [1.165, 1.54) is 18.1 Å². The van der Waals surface area contributed by atoms with E-state index in [2.05, 4.69) is 26.2 Å². The third-order valence-corrected chi connectivity index (χ3v) is 5.49. The number of nitrogens with zero attached hydrogens (tertiary/aromatic N) is 4. The van der Waals surface area contributed by atoms with E-state index in [-0.39, 0.29) is 30.5 Å². The van der Waals surface area contributed by atoms with Crippen molar-refractivity contribution in [2.45, 2.75) is 49.3 Å². The van der Waals surface area contributed by atoms with Gasteiger partial charge in [0.2, 0.25) is 12.7 Å². The molecule has 1 aromatic carbocycles. The summed E-state index contributed by atoms with van der Waals surface area (Å²) in [7, 11) is 0. The summed E-state index contributed by atoms with van der Waals surface area (Å²) in [5, 5.41) is 3.56. The number of carbonyl (C=O) groups is 1. The van der Waals surface area contributed by atoms with Crippen molar-refractivity contribution in [2.75, 3.05) is 12.5 Å². The van der Waals surface area contributed by atoms with Crippen molar-refractivity contribution in [3.8, 4) is 23.8 Å². The maximum absolute atomic E-state index is 12.4. The highest BCUT2D eigenvalue weighted by molar-refractivity contribution is 7.99. The van der Waals surface area contributed by atoms with E-state index in [0.29, 0.717) is 39.9 Å². The molecular weight excluding hydrogens is 416 g/mol. The minimum absolute atomic E-state index is 0.0697. The number of hydrogen-bond acceptors (Lipinski definition) is 8. The van der Waals surface area contributed by atoms with E-state index in [1.807, 2.05) is 31.4 Å². The van der Waals surface area contributed by atoms with Gasteiger partial charge in [-0.1, -0.05) is 17.7 Å². The van der Waals surface area contributed by atoms with Crippen molar-refractivity contribution < 1.29 is 14.3 Å². The molecule has 0 spiro atoms. The van der Waals surface area contributed by atoms with Crippen LogP contribution in [0.4, 0.5) is 5.82 Å². The Morgan fingerprint density at radius 3 is 2.77 bits per heavy atom. The number of amides is 1. The normalized spacial score (nSPS) is 12.7. The number of carbonyl (C=O) groups excluding carboxylic acids is 1. The lowest BCUT2D eigenvalue weighted by atomic mass is 10.1. The molecule has 160 valence electrons. The number of aromatic nitrogens is 4. The molecule has 0 saturated carbocycles. The van der Waals surface area contributed by atoms with Gasteiger partial charge in [-0.05, 0) is 26.8 Å². The first kappa shape index (κ1) is 20.8. The van der Waals surface area contributed by atoms with Crippen LogP contribution in [-0.2, 0) is 11.3 Å². The highest BCUT2D eigenvalue weighted by atomic mass is 32.2. The van der Waals surface area contributed by atoms with Crippen LogP contribution in [0.2, 0.25) is 0 Å². The van der Waals surface area contributed by atoms with Crippen molar-refractivity contribution in [1.82, 2.24) is 24.8 Å². The molecular formula is C21H22N6O3S. The van der Waals surface area contributed by atoms with Gasteiger partial charge < -0.3 is 25.1 Å². The standard InChI is InChI=1S/C21H22N6O3S/c1-5-12-8-13-14(30-11-29-13)9-15(12)31-20-25-17-18(22)23-10-24-19(17)27(20)7-6-16(28)26-21(2,3)4/h1,8-10H,6-7,11H2,2-4H3,(H,26,28)(H2,22,23,24). The van der Waals surface area contributed by atoms with Gasteiger partial charge in [-0.2, -0.15) is 0 Å². The Morgan fingerprint density at radius 1 is 1.32 bits per heavy atom. The Labute approximate surface area is 183 Å². The number of anilines is 1. The van der Waals surface area contributed by atoms with Crippen LogP contribution in [0.15, 0.2) is 28.5 Å². The molecule has 0 unspecified atom stereocenters. The van der Waals surface area contributed by atoms with Crippen molar-refractivity contribution in [3.05, 3.63) is 24.0 Å². The molecule has 1 amide bonds. The van der Waals surface area contributed by atoms with Gasteiger partial charge in [-0.3, -0.25) is 4.79 Å². The molecule has 3 heterocycles. The van der Waals surface area contributed by atoms with Crippen molar-refractivity contribution >= 4 is 34.7 Å². The monoisotopic (exact) mass is 438 g/mol. The van der Waals surface area contributed by atoms with Crippen LogP contribution < -0.4 is 20.5 Å². The zero-order chi connectivity index (χ0) is 22.2. The number of nitrogens with two attached hydrogens (primary N) is 1. The molecule has 31 heavy (non-hydrogen) atoms. The van der Waals surface area contributed by atoms with E-state index in [9.17, 15) is 4.79 Å². The van der Waals surface area contributed by atoms with Crippen LogP contribution in [0.5, 0.6) is 11.5 Å². The van der Waals surface area contributed by atoms with Gasteiger partial charge in [0.05, 0.1) is 0 Å². The van der Waals surface area contributed by atoms with Gasteiger partial charge in [0.1, 0.15) is 6.33 Å². The maximum Gasteiger partial charge on any atom is 0.231 e. The van der Waals surface area contributed by atoms with E-state index in [0.717, 1.165) is 4.90 Å². The van der Waals surface area contributed by atoms with Crippen LogP contribution in [0.3, 0.4) is 0 Å². The lowest BCUT2D eigenvalue weighted by Gasteiger charge is -2.20. The van der Waals surface area contributed by atoms with Crippen LogP contribution in [0, 0.1) is 12.3 Å². The topological polar surface area (TPSA) is 117 Å². The molecule has 0 radical (unpaired) electrons. The van der Waals surface area contributed by atoms with Gasteiger partial charge in [0, 0.05) is 35.0 Å². The highest BCUT2D eigenvalue weighted by Gasteiger charge is 2.22. The lowest BCUT2D eigenvalue weighted by Crippen LogP contribution is -2.40. The van der Waals surface area contributed by atoms with E-state index >= 15 is 0 Å². The third kappa shape index (κ3) is 4.36. The average Bonchev–Trinajstić information content (AvgIpc) is 3.29. The average molecular weight is 439 g/mol. The van der Waals surface area contributed by atoms with E-state index in [4.69, 9.17) is 21.6 Å². The first-order valence-corrected chi connectivity index (χ1v) is 10.4. The summed E-state index contributed by atoms with van der Waals surface area (Å²) in [6.45, 7) is 6.34. The van der Waals surface area contributed by atoms with Gasteiger partial charge in [-0.25, -0.2) is 15.0 Å². The Morgan fingerprint density at radius 2 is 2.06 bits per heavy atom. The second kappa shape index (κ2) is 8.00. The molecule has 0 atom stereocenters. The van der Waals surface area contributed by atoms with E-state index in [1.54, 1.807) is 6.07 Å². The van der Waals surface area contributed by atoms with Crippen LogP contribution >= 0.6 is 11.8 Å². The van der Waals surface area contributed by atoms with Gasteiger partial charge in [0.15, 0.2) is 33.6 Å². The number of fused-ring (bicyclic) bond motifs is 2. The van der Waals surface area contributed by atoms with Crippen molar-refractivity contribution in [2.24, 2.45) is 0 Å². The number of imidazole rings is 1. The molecule has 0 aliphatic carbocycles. The largest absolute Gasteiger partial charge is 0.454 e. The fourth-order valence-corrected chi connectivity index (χ4v) is 4.14. The molecule has 0 fully saturated rings. The molecule has 0 bridgehead atoms. The number of benzene rings is 1. The smallest absolute Gasteiger partial charge is 0.231 e. The molecule has 3 N–H and O–H groups in total. The van der Waals surface area contributed by atoms with Gasteiger partial charge in [-0.15, -0.1) is 6.42 Å². The zero-order valence-corrected chi connectivity index (χ0v) is 18.2. The lowest BCUT2D eigenvalue weighted by molar-refractivity contribution is -0.122. The predicted octanol–water partition coefficient (Wildman–Crippen LogP) is 2.57. The Kier molecular flexibility index (Phi) is 5.37. The van der Waals surface area contributed by atoms with Crippen LogP contribution in [-0.4, -0.2) is 37.8 Å². The fraction of sp³-hybridized carbons (Fsp3) is 0.333. The van der Waals surface area contributed by atoms with Crippen molar-refractivity contribution in [3.63, 3.8) is 0 Å². The van der Waals surface area contributed by atoms with Gasteiger partial charge >= 0.3 is 0 Å². The minimum atomic E-state index is -0.313. The summed E-state index contributed by atoms with van der Waals surface area (Å²) < 4.78 is 12.7. The molecule has 10 heteroatoms. The quantitative estimate of drug-likeness (QED) is 0.584. The molecule has 1 aliphatic heterocycles.